The van der Waals surface area contributed by atoms with Crippen LogP contribution in [0.3, 0.4) is 0 Å². The van der Waals surface area contributed by atoms with Crippen molar-refractivity contribution in [2.24, 2.45) is 0 Å². The van der Waals surface area contributed by atoms with Crippen molar-refractivity contribution in [2.75, 3.05) is 6.54 Å². The van der Waals surface area contributed by atoms with Crippen molar-refractivity contribution >= 4 is 27.3 Å². The third kappa shape index (κ3) is 3.87. The second-order valence-corrected chi connectivity index (χ2v) is 8.84. The van der Waals surface area contributed by atoms with Crippen molar-refractivity contribution in [1.29, 1.82) is 0 Å². The van der Waals surface area contributed by atoms with Crippen molar-refractivity contribution in [2.45, 2.75) is 36.6 Å². The molecule has 25 heavy (non-hydrogen) atoms. The van der Waals surface area contributed by atoms with Gasteiger partial charge in [-0.05, 0) is 25.5 Å². The van der Waals surface area contributed by atoms with Gasteiger partial charge in [0.1, 0.15) is 4.21 Å². The summed E-state index contributed by atoms with van der Waals surface area (Å²) in [5.41, 5.74) is 1.18. The molecule has 0 saturated carbocycles. The molecule has 8 nitrogen and oxygen atoms in total. The number of aromatic carboxylic acids is 1. The number of hydrogen-bond acceptors (Lipinski definition) is 7. The Kier molecular flexibility index (Phi) is 5.13. The Morgan fingerprint density at radius 2 is 2.28 bits per heavy atom. The molecule has 0 bridgehead atoms. The summed E-state index contributed by atoms with van der Waals surface area (Å²) in [5.74, 6) is -1.21. The van der Waals surface area contributed by atoms with Crippen LogP contribution in [0, 0.1) is 0 Å². The molecule has 1 aliphatic heterocycles. The second kappa shape index (κ2) is 7.16. The molecule has 0 saturated heterocycles. The smallest absolute Gasteiger partial charge is 0.338 e. The van der Waals surface area contributed by atoms with E-state index >= 15 is 0 Å². The zero-order valence-electron chi connectivity index (χ0n) is 13.5. The van der Waals surface area contributed by atoms with Gasteiger partial charge in [-0.3, -0.25) is 9.97 Å². The van der Waals surface area contributed by atoms with Crippen LogP contribution in [-0.4, -0.2) is 42.0 Å². The molecule has 1 aliphatic rings. The largest absolute Gasteiger partial charge is 0.478 e. The molecule has 10 heteroatoms. The van der Waals surface area contributed by atoms with Crippen LogP contribution in [0.4, 0.5) is 0 Å². The zero-order valence-corrected chi connectivity index (χ0v) is 15.2. The highest BCUT2D eigenvalue weighted by molar-refractivity contribution is 7.91. The number of sulfonamides is 1. The lowest BCUT2D eigenvalue weighted by Gasteiger charge is -2.14. The van der Waals surface area contributed by atoms with Gasteiger partial charge >= 0.3 is 5.97 Å². The first-order chi connectivity index (χ1) is 11.9. The first-order valence-corrected chi connectivity index (χ1v) is 10.0. The first kappa shape index (κ1) is 17.9. The van der Waals surface area contributed by atoms with E-state index in [1.54, 1.807) is 25.5 Å². The van der Waals surface area contributed by atoms with Gasteiger partial charge in [-0.15, -0.1) is 11.3 Å². The number of aromatic nitrogens is 2. The molecule has 0 unspecified atom stereocenters. The van der Waals surface area contributed by atoms with E-state index in [2.05, 4.69) is 20.0 Å². The van der Waals surface area contributed by atoms with Gasteiger partial charge in [-0.2, -0.15) is 0 Å². The van der Waals surface area contributed by atoms with E-state index in [1.807, 2.05) is 0 Å². The van der Waals surface area contributed by atoms with Gasteiger partial charge in [-0.1, -0.05) is 0 Å². The number of rotatable bonds is 6. The summed E-state index contributed by atoms with van der Waals surface area (Å²) >= 11 is 1.02. The molecule has 0 spiro atoms. The molecule has 0 amide bonds. The molecule has 2 aromatic rings. The number of fused-ring (bicyclic) bond motifs is 1. The van der Waals surface area contributed by atoms with E-state index in [1.165, 1.54) is 0 Å². The molecule has 3 N–H and O–H groups in total. The van der Waals surface area contributed by atoms with E-state index in [4.69, 9.17) is 0 Å². The monoisotopic (exact) mass is 382 g/mol. The summed E-state index contributed by atoms with van der Waals surface area (Å²) in [6.45, 7) is 2.84. The Morgan fingerprint density at radius 1 is 1.48 bits per heavy atom. The van der Waals surface area contributed by atoms with Gasteiger partial charge < -0.3 is 10.4 Å². The summed E-state index contributed by atoms with van der Waals surface area (Å²) in [6, 6.07) is -0.444. The van der Waals surface area contributed by atoms with Crippen molar-refractivity contribution in [3.8, 4) is 0 Å². The fourth-order valence-electron chi connectivity index (χ4n) is 2.82. The maximum atomic E-state index is 12.8. The van der Waals surface area contributed by atoms with Gasteiger partial charge in [0, 0.05) is 42.5 Å². The topological polar surface area (TPSA) is 121 Å². The Bertz CT molecular complexity index is 880. The highest BCUT2D eigenvalue weighted by Crippen LogP contribution is 2.34. The first-order valence-electron chi connectivity index (χ1n) is 7.74. The van der Waals surface area contributed by atoms with E-state index in [9.17, 15) is 18.3 Å². The maximum absolute atomic E-state index is 12.8. The summed E-state index contributed by atoms with van der Waals surface area (Å²) < 4.78 is 27.9. The Morgan fingerprint density at radius 3 is 2.96 bits per heavy atom. The minimum absolute atomic E-state index is 0.0966. The molecule has 3 rings (SSSR count). The number of nitrogens with one attached hydrogen (secondary N) is 2. The van der Waals surface area contributed by atoms with Gasteiger partial charge in [0.05, 0.1) is 11.3 Å². The molecule has 3 heterocycles. The number of carboxylic acid groups (broad SMARTS) is 1. The highest BCUT2D eigenvalue weighted by atomic mass is 32.2. The predicted molar refractivity (Wildman–Crippen MR) is 92.2 cm³/mol. The van der Waals surface area contributed by atoms with Crippen LogP contribution in [-0.2, 0) is 29.4 Å². The van der Waals surface area contributed by atoms with Crippen LogP contribution in [0.1, 0.15) is 33.4 Å². The molecule has 0 aromatic carbocycles. The van der Waals surface area contributed by atoms with Crippen LogP contribution in [0.25, 0.3) is 0 Å². The average Bonchev–Trinajstić information content (AvgIpc) is 2.96. The van der Waals surface area contributed by atoms with Crippen molar-refractivity contribution in [1.82, 2.24) is 20.0 Å². The third-order valence-corrected chi connectivity index (χ3v) is 7.18. The molecule has 1 atom stereocenters. The molecule has 2 aromatic heterocycles. The zero-order chi connectivity index (χ0) is 18.0. The minimum Gasteiger partial charge on any atom is -0.478 e. The molecule has 0 radical (unpaired) electrons. The fourth-order valence-corrected chi connectivity index (χ4v) is 5.95. The highest BCUT2D eigenvalue weighted by Gasteiger charge is 2.32. The van der Waals surface area contributed by atoms with Crippen molar-refractivity contribution < 1.29 is 18.3 Å². The fraction of sp³-hybridized carbons (Fsp3) is 0.400. The maximum Gasteiger partial charge on any atom is 0.338 e. The Labute approximate surface area is 149 Å². The summed E-state index contributed by atoms with van der Waals surface area (Å²) in [7, 11) is -3.94. The Balaban J connectivity index is 1.87. The van der Waals surface area contributed by atoms with Gasteiger partial charge in [0.25, 0.3) is 10.0 Å². The SMILES string of the molecule is C[C@H](Cc1cnccn1)NS(=O)(=O)c1sc2c(c1C(=O)O)CCNC2. The van der Waals surface area contributed by atoms with Crippen LogP contribution in [0.2, 0.25) is 0 Å². The number of thiophene rings is 1. The summed E-state index contributed by atoms with van der Waals surface area (Å²) in [5, 5.41) is 12.7. The van der Waals surface area contributed by atoms with Crippen LogP contribution in [0.15, 0.2) is 22.8 Å². The lowest BCUT2D eigenvalue weighted by molar-refractivity contribution is 0.0692. The Hall–Kier alpha value is -1.88. The van der Waals surface area contributed by atoms with E-state index < -0.39 is 22.0 Å². The van der Waals surface area contributed by atoms with Crippen molar-refractivity contribution in [3.63, 3.8) is 0 Å². The minimum atomic E-state index is -3.94. The number of hydrogen-bond donors (Lipinski definition) is 3. The predicted octanol–water partition coefficient (Wildman–Crippen LogP) is 0.791. The number of nitrogens with zero attached hydrogens (tertiary/aromatic N) is 2. The average molecular weight is 382 g/mol. The number of carboxylic acids is 1. The summed E-state index contributed by atoms with van der Waals surface area (Å²) in [6.07, 6.45) is 5.53. The number of carbonyl (C=O) groups is 1. The van der Waals surface area contributed by atoms with Gasteiger partial charge in [0.15, 0.2) is 0 Å². The molecule has 0 fully saturated rings. The van der Waals surface area contributed by atoms with Gasteiger partial charge in [-0.25, -0.2) is 17.9 Å². The van der Waals surface area contributed by atoms with E-state index in [-0.39, 0.29) is 9.77 Å². The molecule has 134 valence electrons. The van der Waals surface area contributed by atoms with Crippen LogP contribution >= 0.6 is 11.3 Å². The standard InChI is InChI=1S/C15H18N4O4S2/c1-9(6-10-7-17-4-5-18-10)19-25(22,23)15-13(14(20)21)11-2-3-16-8-12(11)24-15/h4-5,7,9,16,19H,2-3,6,8H2,1H3,(H,20,21)/t9-/m1/s1. The second-order valence-electron chi connectivity index (χ2n) is 5.82. The molecular formula is C15H18N4O4S2. The van der Waals surface area contributed by atoms with E-state index in [0.717, 1.165) is 16.2 Å². The lowest BCUT2D eigenvalue weighted by atomic mass is 10.1. The van der Waals surface area contributed by atoms with Crippen LogP contribution in [0.5, 0.6) is 0 Å². The lowest BCUT2D eigenvalue weighted by Crippen LogP contribution is -2.34. The summed E-state index contributed by atoms with van der Waals surface area (Å²) in [4.78, 5) is 20.5. The van der Waals surface area contributed by atoms with Crippen molar-refractivity contribution in [3.05, 3.63) is 40.3 Å². The van der Waals surface area contributed by atoms with E-state index in [0.29, 0.717) is 37.2 Å². The third-order valence-electron chi connectivity index (χ3n) is 3.84. The molecule has 0 aliphatic carbocycles. The molecular weight excluding hydrogens is 364 g/mol. The quantitative estimate of drug-likeness (QED) is 0.675. The normalized spacial score (nSPS) is 15.6. The van der Waals surface area contributed by atoms with Crippen LogP contribution < -0.4 is 10.0 Å². The van der Waals surface area contributed by atoms with Gasteiger partial charge in [0.2, 0.25) is 0 Å².